The smallest absolute Gasteiger partial charge is 0.291 e. The Morgan fingerprint density at radius 2 is 1.61 bits per heavy atom. The number of aryl methyl sites for hydroxylation is 1. The number of furan rings is 1. The van der Waals surface area contributed by atoms with Crippen molar-refractivity contribution in [2.24, 2.45) is 0 Å². The van der Waals surface area contributed by atoms with E-state index in [1.54, 1.807) is 48.5 Å². The fraction of sp³-hybridized carbons (Fsp3) is 0.143. The fourth-order valence-electron chi connectivity index (χ4n) is 2.57. The van der Waals surface area contributed by atoms with Crippen molar-refractivity contribution in [3.8, 4) is 11.5 Å². The van der Waals surface area contributed by atoms with Crippen molar-refractivity contribution in [1.29, 1.82) is 0 Å². The van der Waals surface area contributed by atoms with Crippen molar-refractivity contribution >= 4 is 23.2 Å². The van der Waals surface area contributed by atoms with Gasteiger partial charge in [0.15, 0.2) is 5.76 Å². The minimum absolute atomic E-state index is 0.203. The van der Waals surface area contributed by atoms with Gasteiger partial charge in [0.2, 0.25) is 0 Å². The number of nitrogens with one attached hydrogen (secondary N) is 2. The monoisotopic (exact) mass is 380 g/mol. The minimum atomic E-state index is -0.372. The summed E-state index contributed by atoms with van der Waals surface area (Å²) in [5.41, 5.74) is 2.34. The molecule has 0 atom stereocenters. The molecule has 28 heavy (non-hydrogen) atoms. The van der Waals surface area contributed by atoms with Crippen LogP contribution >= 0.6 is 0 Å². The van der Waals surface area contributed by atoms with Crippen molar-refractivity contribution in [2.75, 3.05) is 24.9 Å². The third kappa shape index (κ3) is 4.32. The van der Waals surface area contributed by atoms with Crippen molar-refractivity contribution in [1.82, 2.24) is 0 Å². The molecule has 144 valence electrons. The molecule has 0 aliphatic carbocycles. The van der Waals surface area contributed by atoms with Crippen molar-refractivity contribution in [2.45, 2.75) is 6.92 Å². The first-order chi connectivity index (χ1) is 13.5. The first-order valence-electron chi connectivity index (χ1n) is 8.50. The Hall–Kier alpha value is -3.74. The molecular formula is C21H20N2O5. The predicted molar refractivity (Wildman–Crippen MR) is 105 cm³/mol. The molecule has 2 amide bonds. The van der Waals surface area contributed by atoms with Gasteiger partial charge >= 0.3 is 0 Å². The predicted octanol–water partition coefficient (Wildman–Crippen LogP) is 4.11. The van der Waals surface area contributed by atoms with Crippen LogP contribution in [0.4, 0.5) is 11.4 Å². The van der Waals surface area contributed by atoms with Gasteiger partial charge in [-0.25, -0.2) is 0 Å². The highest BCUT2D eigenvalue weighted by Crippen LogP contribution is 2.25. The van der Waals surface area contributed by atoms with Gasteiger partial charge in [0.05, 0.1) is 20.5 Å². The number of benzene rings is 2. The number of hydrogen-bond acceptors (Lipinski definition) is 5. The maximum Gasteiger partial charge on any atom is 0.291 e. The zero-order valence-corrected chi connectivity index (χ0v) is 15.7. The van der Waals surface area contributed by atoms with Crippen LogP contribution in [0.3, 0.4) is 0 Å². The van der Waals surface area contributed by atoms with Gasteiger partial charge in [0, 0.05) is 23.0 Å². The van der Waals surface area contributed by atoms with Crippen LogP contribution in [-0.4, -0.2) is 26.0 Å². The van der Waals surface area contributed by atoms with E-state index >= 15 is 0 Å². The Balaban J connectivity index is 1.80. The van der Waals surface area contributed by atoms with Crippen LogP contribution in [0.25, 0.3) is 0 Å². The molecule has 2 aromatic carbocycles. The van der Waals surface area contributed by atoms with Crippen LogP contribution in [-0.2, 0) is 0 Å². The van der Waals surface area contributed by atoms with Gasteiger partial charge in [0.1, 0.15) is 11.5 Å². The normalized spacial score (nSPS) is 10.2. The number of methoxy groups -OCH3 is 2. The Bertz CT molecular complexity index is 974. The third-order valence-corrected chi connectivity index (χ3v) is 4.10. The average Bonchev–Trinajstić information content (AvgIpc) is 3.25. The second-order valence-corrected chi connectivity index (χ2v) is 6.02. The molecule has 0 spiro atoms. The lowest BCUT2D eigenvalue weighted by Gasteiger charge is -2.12. The van der Waals surface area contributed by atoms with Crippen LogP contribution in [0.1, 0.15) is 26.5 Å². The lowest BCUT2D eigenvalue weighted by Crippen LogP contribution is -2.14. The molecule has 7 nitrogen and oxygen atoms in total. The quantitative estimate of drug-likeness (QED) is 0.672. The number of anilines is 2. The Kier molecular flexibility index (Phi) is 5.64. The first-order valence-corrected chi connectivity index (χ1v) is 8.50. The molecular weight excluding hydrogens is 360 g/mol. The van der Waals surface area contributed by atoms with E-state index in [2.05, 4.69) is 10.6 Å². The molecule has 0 saturated heterocycles. The molecule has 0 aliphatic heterocycles. The second-order valence-electron chi connectivity index (χ2n) is 6.02. The summed E-state index contributed by atoms with van der Waals surface area (Å²) in [6.07, 6.45) is 1.43. The van der Waals surface area contributed by atoms with E-state index < -0.39 is 0 Å². The molecule has 0 unspecified atom stereocenters. The number of rotatable bonds is 6. The van der Waals surface area contributed by atoms with E-state index in [0.29, 0.717) is 28.4 Å². The average molecular weight is 380 g/mol. The molecule has 3 rings (SSSR count). The number of amides is 2. The van der Waals surface area contributed by atoms with Crippen LogP contribution < -0.4 is 20.1 Å². The lowest BCUT2D eigenvalue weighted by molar-refractivity contribution is 0.0995. The number of ether oxygens (including phenoxy) is 2. The maximum atomic E-state index is 12.7. The summed E-state index contributed by atoms with van der Waals surface area (Å²) in [6.45, 7) is 1.86. The first kappa shape index (κ1) is 19.0. The molecule has 0 aliphatic rings. The van der Waals surface area contributed by atoms with Gasteiger partial charge in [-0.3, -0.25) is 9.59 Å². The van der Waals surface area contributed by atoms with Crippen LogP contribution in [0.5, 0.6) is 11.5 Å². The summed E-state index contributed by atoms with van der Waals surface area (Å²) < 4.78 is 15.5. The SMILES string of the molecule is COc1cc(OC)cc(C(=O)Nc2cc(NC(=O)c3ccco3)ccc2C)c1. The largest absolute Gasteiger partial charge is 0.497 e. The fourth-order valence-corrected chi connectivity index (χ4v) is 2.57. The summed E-state index contributed by atoms with van der Waals surface area (Å²) in [4.78, 5) is 24.8. The van der Waals surface area contributed by atoms with Crippen LogP contribution in [0.15, 0.2) is 59.2 Å². The Morgan fingerprint density at radius 1 is 0.893 bits per heavy atom. The summed E-state index contributed by atoms with van der Waals surface area (Å²) in [5, 5.41) is 5.59. The highest BCUT2D eigenvalue weighted by molar-refractivity contribution is 6.06. The van der Waals surface area contributed by atoms with Crippen molar-refractivity contribution < 1.29 is 23.5 Å². The highest BCUT2D eigenvalue weighted by Gasteiger charge is 2.13. The summed E-state index contributed by atoms with van der Waals surface area (Å²) >= 11 is 0. The van der Waals surface area contributed by atoms with E-state index in [4.69, 9.17) is 13.9 Å². The number of carbonyl (C=O) groups is 2. The molecule has 2 N–H and O–H groups in total. The molecule has 0 radical (unpaired) electrons. The molecule has 7 heteroatoms. The molecule has 1 heterocycles. The van der Waals surface area contributed by atoms with E-state index in [-0.39, 0.29) is 17.6 Å². The zero-order valence-electron chi connectivity index (χ0n) is 15.7. The third-order valence-electron chi connectivity index (χ3n) is 4.10. The summed E-state index contributed by atoms with van der Waals surface area (Å²) in [6, 6.07) is 13.4. The second kappa shape index (κ2) is 8.30. The van der Waals surface area contributed by atoms with Crippen LogP contribution in [0, 0.1) is 6.92 Å². The molecule has 3 aromatic rings. The molecule has 0 saturated carbocycles. The summed E-state index contributed by atoms with van der Waals surface area (Å²) in [7, 11) is 3.04. The molecule has 1 aromatic heterocycles. The van der Waals surface area contributed by atoms with Crippen LogP contribution in [0.2, 0.25) is 0 Å². The number of hydrogen-bond donors (Lipinski definition) is 2. The Labute approximate surface area is 162 Å². The molecule has 0 bridgehead atoms. The molecule has 0 fully saturated rings. The standard InChI is InChI=1S/C21H20N2O5/c1-13-6-7-15(22-21(25)19-5-4-8-28-19)11-18(13)23-20(24)14-9-16(26-2)12-17(10-14)27-3/h4-12H,1-3H3,(H,22,25)(H,23,24). The highest BCUT2D eigenvalue weighted by atomic mass is 16.5. The maximum absolute atomic E-state index is 12.7. The summed E-state index contributed by atoms with van der Waals surface area (Å²) in [5.74, 6) is 0.537. The van der Waals surface area contributed by atoms with E-state index in [0.717, 1.165) is 5.56 Å². The van der Waals surface area contributed by atoms with E-state index in [1.807, 2.05) is 6.92 Å². The van der Waals surface area contributed by atoms with Gasteiger partial charge in [0.25, 0.3) is 11.8 Å². The van der Waals surface area contributed by atoms with Gasteiger partial charge in [-0.15, -0.1) is 0 Å². The van der Waals surface area contributed by atoms with E-state index in [1.165, 1.54) is 20.5 Å². The lowest BCUT2D eigenvalue weighted by atomic mass is 10.1. The topological polar surface area (TPSA) is 89.8 Å². The van der Waals surface area contributed by atoms with E-state index in [9.17, 15) is 9.59 Å². The zero-order chi connectivity index (χ0) is 20.1. The van der Waals surface area contributed by atoms with Crippen molar-refractivity contribution in [3.63, 3.8) is 0 Å². The number of carbonyl (C=O) groups excluding carboxylic acids is 2. The van der Waals surface area contributed by atoms with Gasteiger partial charge in [-0.05, 0) is 48.9 Å². The minimum Gasteiger partial charge on any atom is -0.497 e. The van der Waals surface area contributed by atoms with Crippen molar-refractivity contribution in [3.05, 3.63) is 71.7 Å². The van der Waals surface area contributed by atoms with Gasteiger partial charge in [-0.1, -0.05) is 6.07 Å². The Morgan fingerprint density at radius 3 is 2.21 bits per heavy atom. The van der Waals surface area contributed by atoms with Gasteiger partial charge in [-0.2, -0.15) is 0 Å². The van der Waals surface area contributed by atoms with Gasteiger partial charge < -0.3 is 24.5 Å².